The van der Waals surface area contributed by atoms with Gasteiger partial charge in [0.25, 0.3) is 0 Å². The number of carboxylic acid groups (broad SMARTS) is 1. The van der Waals surface area contributed by atoms with Gasteiger partial charge in [0.1, 0.15) is 12.6 Å². The van der Waals surface area contributed by atoms with Crippen molar-refractivity contribution in [2.24, 2.45) is 0 Å². The van der Waals surface area contributed by atoms with Gasteiger partial charge in [0.05, 0.1) is 6.10 Å². The van der Waals surface area contributed by atoms with E-state index in [1.807, 2.05) is 0 Å². The van der Waals surface area contributed by atoms with Crippen molar-refractivity contribution >= 4 is 11.9 Å². The summed E-state index contributed by atoms with van der Waals surface area (Å²) in [5, 5.41) is 18.0. The van der Waals surface area contributed by atoms with Crippen LogP contribution in [0.4, 0.5) is 0 Å². The third-order valence-corrected chi connectivity index (χ3v) is 2.15. The van der Waals surface area contributed by atoms with Crippen molar-refractivity contribution in [2.45, 2.75) is 18.6 Å². The Morgan fingerprint density at radius 1 is 1.57 bits per heavy atom. The van der Waals surface area contributed by atoms with Gasteiger partial charge in [0, 0.05) is 20.1 Å². The highest BCUT2D eigenvalue weighted by Crippen LogP contribution is 2.18. The second-order valence-electron chi connectivity index (χ2n) is 3.22. The van der Waals surface area contributed by atoms with Gasteiger partial charge in [0.2, 0.25) is 5.91 Å². The monoisotopic (exact) mass is 203 g/mol. The molecule has 80 valence electrons. The van der Waals surface area contributed by atoms with Crippen LogP contribution < -0.4 is 0 Å². The quantitative estimate of drug-likeness (QED) is 0.594. The number of nitrogens with zero attached hydrogens (tertiary/aromatic N) is 1. The molecule has 0 aliphatic carbocycles. The maximum atomic E-state index is 11.3. The van der Waals surface area contributed by atoms with Crippen LogP contribution in [0.25, 0.3) is 0 Å². The molecule has 6 heteroatoms. The van der Waals surface area contributed by atoms with Gasteiger partial charge >= 0.3 is 5.97 Å². The van der Waals surface area contributed by atoms with Crippen molar-refractivity contribution in [3.8, 4) is 0 Å². The molecule has 14 heavy (non-hydrogen) atoms. The molecular formula is C8H13NO5. The number of ether oxygens (including phenoxy) is 1. The normalized spacial score (nSPS) is 26.6. The lowest BCUT2D eigenvalue weighted by molar-refractivity contribution is -0.149. The molecule has 1 amide bonds. The Balaban J connectivity index is 2.66. The number of β-amino-alcohol motifs (C(OH)–C–C–N with tert-alkyl or cyclic N) is 1. The summed E-state index contributed by atoms with van der Waals surface area (Å²) in [5.41, 5.74) is 0. The number of methoxy groups -OCH3 is 1. The van der Waals surface area contributed by atoms with Crippen molar-refractivity contribution in [2.75, 3.05) is 20.3 Å². The first kappa shape index (κ1) is 10.9. The number of hydrogen-bond acceptors (Lipinski definition) is 4. The maximum Gasteiger partial charge on any atom is 0.326 e. The van der Waals surface area contributed by atoms with Crippen molar-refractivity contribution in [1.29, 1.82) is 0 Å². The lowest BCUT2D eigenvalue weighted by Gasteiger charge is -2.20. The van der Waals surface area contributed by atoms with Crippen LogP contribution in [0.15, 0.2) is 0 Å². The van der Waals surface area contributed by atoms with Crippen LogP contribution in [0.3, 0.4) is 0 Å². The van der Waals surface area contributed by atoms with Crippen LogP contribution in [0.2, 0.25) is 0 Å². The van der Waals surface area contributed by atoms with Gasteiger partial charge in [-0.1, -0.05) is 0 Å². The van der Waals surface area contributed by atoms with E-state index in [-0.39, 0.29) is 19.6 Å². The largest absolute Gasteiger partial charge is 0.480 e. The van der Waals surface area contributed by atoms with Crippen LogP contribution in [-0.4, -0.2) is 59.4 Å². The molecule has 2 atom stereocenters. The Hall–Kier alpha value is -1.14. The predicted molar refractivity (Wildman–Crippen MR) is 45.6 cm³/mol. The highest BCUT2D eigenvalue weighted by molar-refractivity contribution is 5.85. The summed E-state index contributed by atoms with van der Waals surface area (Å²) < 4.78 is 4.61. The summed E-state index contributed by atoms with van der Waals surface area (Å²) in [5.74, 6) is -1.50. The van der Waals surface area contributed by atoms with Gasteiger partial charge in [0.15, 0.2) is 0 Å². The fraction of sp³-hybridized carbons (Fsp3) is 0.750. The zero-order chi connectivity index (χ0) is 10.7. The highest BCUT2D eigenvalue weighted by atomic mass is 16.5. The van der Waals surface area contributed by atoms with Gasteiger partial charge in [-0.25, -0.2) is 4.79 Å². The molecule has 0 unspecified atom stereocenters. The van der Waals surface area contributed by atoms with Crippen LogP contribution >= 0.6 is 0 Å². The number of amides is 1. The lowest BCUT2D eigenvalue weighted by Crippen LogP contribution is -2.42. The average Bonchev–Trinajstić information content (AvgIpc) is 2.48. The zero-order valence-corrected chi connectivity index (χ0v) is 7.84. The minimum Gasteiger partial charge on any atom is -0.480 e. The minimum atomic E-state index is -1.09. The predicted octanol–water partition coefficient (Wildman–Crippen LogP) is -1.32. The second kappa shape index (κ2) is 4.39. The topological polar surface area (TPSA) is 87.1 Å². The standard InChI is InChI=1S/C8H13NO5/c1-14-4-7(11)9-3-5(10)2-6(9)8(12)13/h5-6,10H,2-4H2,1H3,(H,12,13)/t5-,6+/m1/s1. The molecule has 0 aromatic heterocycles. The van der Waals surface area contributed by atoms with E-state index >= 15 is 0 Å². The van der Waals surface area contributed by atoms with Crippen molar-refractivity contribution < 1.29 is 24.5 Å². The summed E-state index contributed by atoms with van der Waals surface area (Å²) >= 11 is 0. The zero-order valence-electron chi connectivity index (χ0n) is 7.84. The fourth-order valence-corrected chi connectivity index (χ4v) is 1.53. The minimum absolute atomic E-state index is 0.0686. The van der Waals surface area contributed by atoms with Crippen LogP contribution in [0, 0.1) is 0 Å². The molecule has 0 aromatic rings. The molecule has 1 aliphatic rings. The van der Waals surface area contributed by atoms with Gasteiger partial charge in [-0.3, -0.25) is 4.79 Å². The Labute approximate surface area is 81.1 Å². The summed E-state index contributed by atoms with van der Waals surface area (Å²) in [6, 6.07) is -0.923. The second-order valence-corrected chi connectivity index (χ2v) is 3.22. The number of carboxylic acids is 1. The Bertz CT molecular complexity index is 242. The number of aliphatic hydroxyl groups is 1. The van der Waals surface area contributed by atoms with Crippen molar-refractivity contribution in [3.05, 3.63) is 0 Å². The van der Waals surface area contributed by atoms with E-state index in [2.05, 4.69) is 4.74 Å². The molecule has 6 nitrogen and oxygen atoms in total. The van der Waals surface area contributed by atoms with E-state index in [1.165, 1.54) is 7.11 Å². The molecule has 2 N–H and O–H groups in total. The number of carbonyl (C=O) groups is 2. The van der Waals surface area contributed by atoms with E-state index in [1.54, 1.807) is 0 Å². The molecule has 0 spiro atoms. The first-order chi connectivity index (χ1) is 6.56. The molecule has 0 saturated carbocycles. The van der Waals surface area contributed by atoms with Gasteiger partial charge in [-0.15, -0.1) is 0 Å². The number of aliphatic hydroxyl groups excluding tert-OH is 1. The number of carbonyl (C=O) groups excluding carboxylic acids is 1. The molecule has 0 aromatic carbocycles. The van der Waals surface area contributed by atoms with E-state index in [4.69, 9.17) is 5.11 Å². The van der Waals surface area contributed by atoms with Crippen molar-refractivity contribution in [1.82, 2.24) is 4.90 Å². The van der Waals surface area contributed by atoms with Gasteiger partial charge in [-0.2, -0.15) is 0 Å². The lowest BCUT2D eigenvalue weighted by atomic mass is 10.2. The molecular weight excluding hydrogens is 190 g/mol. The first-order valence-electron chi connectivity index (χ1n) is 4.25. The number of likely N-dealkylation sites (tertiary alicyclic amines) is 1. The molecule has 1 aliphatic heterocycles. The Morgan fingerprint density at radius 3 is 2.71 bits per heavy atom. The Kier molecular flexibility index (Phi) is 3.43. The molecule has 1 saturated heterocycles. The van der Waals surface area contributed by atoms with E-state index in [9.17, 15) is 14.7 Å². The summed E-state index contributed by atoms with van der Waals surface area (Å²) in [6.45, 7) is -0.0876. The highest BCUT2D eigenvalue weighted by Gasteiger charge is 2.38. The molecule has 0 bridgehead atoms. The molecule has 1 fully saturated rings. The third kappa shape index (κ3) is 2.21. The SMILES string of the molecule is COCC(=O)N1C[C@H](O)C[C@H]1C(=O)O. The smallest absolute Gasteiger partial charge is 0.326 e. The maximum absolute atomic E-state index is 11.3. The van der Waals surface area contributed by atoms with Crippen LogP contribution in [0.1, 0.15) is 6.42 Å². The molecule has 1 heterocycles. The average molecular weight is 203 g/mol. The summed E-state index contributed by atoms with van der Waals surface area (Å²) in [7, 11) is 1.36. The Morgan fingerprint density at radius 2 is 2.21 bits per heavy atom. The number of hydrogen-bond donors (Lipinski definition) is 2. The van der Waals surface area contributed by atoms with E-state index < -0.39 is 24.0 Å². The number of aliphatic carboxylic acids is 1. The fourth-order valence-electron chi connectivity index (χ4n) is 1.53. The van der Waals surface area contributed by atoms with Crippen LogP contribution in [-0.2, 0) is 14.3 Å². The van der Waals surface area contributed by atoms with Gasteiger partial charge in [-0.05, 0) is 0 Å². The molecule has 1 rings (SSSR count). The van der Waals surface area contributed by atoms with Crippen LogP contribution in [0.5, 0.6) is 0 Å². The molecule has 0 radical (unpaired) electrons. The van der Waals surface area contributed by atoms with E-state index in [0.29, 0.717) is 0 Å². The third-order valence-electron chi connectivity index (χ3n) is 2.15. The van der Waals surface area contributed by atoms with Gasteiger partial charge < -0.3 is 19.8 Å². The first-order valence-corrected chi connectivity index (χ1v) is 4.25. The summed E-state index contributed by atoms with van der Waals surface area (Å²) in [4.78, 5) is 23.2. The van der Waals surface area contributed by atoms with E-state index in [0.717, 1.165) is 4.90 Å². The van der Waals surface area contributed by atoms with Crippen molar-refractivity contribution in [3.63, 3.8) is 0 Å². The number of rotatable bonds is 3. The summed E-state index contributed by atoms with van der Waals surface area (Å²) in [6.07, 6.45) is -0.665.